The summed E-state index contributed by atoms with van der Waals surface area (Å²) in [6.07, 6.45) is 3.90. The van der Waals surface area contributed by atoms with Gasteiger partial charge in [0, 0.05) is 19.7 Å². The molecule has 0 aromatic heterocycles. The Bertz CT molecular complexity index is 448. The van der Waals surface area contributed by atoms with Crippen LogP contribution in [0.4, 0.5) is 0 Å². The van der Waals surface area contributed by atoms with Gasteiger partial charge in [0.15, 0.2) is 0 Å². The molecule has 4 nitrogen and oxygen atoms in total. The molecule has 1 unspecified atom stereocenters. The summed E-state index contributed by atoms with van der Waals surface area (Å²) >= 11 is 0. The van der Waals surface area contributed by atoms with Crippen LogP contribution in [-0.4, -0.2) is 43.2 Å². The van der Waals surface area contributed by atoms with Crippen molar-refractivity contribution >= 4 is 18.3 Å². The number of ether oxygens (including phenoxy) is 1. The molecule has 0 radical (unpaired) electrons. The number of halogens is 1. The molecule has 1 amide bonds. The minimum absolute atomic E-state index is 0. The fourth-order valence-corrected chi connectivity index (χ4v) is 3.03. The third kappa shape index (κ3) is 5.79. The fraction of sp³-hybridized carbons (Fsp3) is 0.611. The minimum atomic E-state index is -0.0177. The number of hydrogen-bond acceptors (Lipinski definition) is 3. The van der Waals surface area contributed by atoms with Crippen LogP contribution in [0.1, 0.15) is 44.1 Å². The molecule has 0 saturated carbocycles. The quantitative estimate of drug-likeness (QED) is 0.776. The monoisotopic (exact) mass is 340 g/mol. The average Bonchev–Trinajstić information content (AvgIpc) is 2.57. The number of amides is 1. The highest BCUT2D eigenvalue weighted by atomic mass is 35.5. The topological polar surface area (TPSA) is 55.6 Å². The summed E-state index contributed by atoms with van der Waals surface area (Å²) in [5.74, 6) is 0.241. The van der Waals surface area contributed by atoms with Gasteiger partial charge in [-0.1, -0.05) is 37.3 Å². The highest BCUT2D eigenvalue weighted by molar-refractivity contribution is 5.85. The Kier molecular flexibility index (Phi) is 9.22. The lowest BCUT2D eigenvalue weighted by Crippen LogP contribution is -2.43. The van der Waals surface area contributed by atoms with E-state index >= 15 is 0 Å². The number of nitrogens with two attached hydrogens (primary N) is 1. The Morgan fingerprint density at radius 3 is 2.52 bits per heavy atom. The van der Waals surface area contributed by atoms with Gasteiger partial charge in [0.2, 0.25) is 5.91 Å². The van der Waals surface area contributed by atoms with Crippen molar-refractivity contribution < 1.29 is 9.53 Å². The van der Waals surface area contributed by atoms with E-state index in [2.05, 4.69) is 19.1 Å². The Labute approximate surface area is 145 Å². The van der Waals surface area contributed by atoms with E-state index < -0.39 is 0 Å². The third-order valence-corrected chi connectivity index (χ3v) is 4.36. The average molecular weight is 341 g/mol. The molecule has 1 aromatic carbocycles. The van der Waals surface area contributed by atoms with Gasteiger partial charge < -0.3 is 15.4 Å². The van der Waals surface area contributed by atoms with Crippen molar-refractivity contribution in [2.75, 3.05) is 26.2 Å². The molecule has 1 aliphatic heterocycles. The van der Waals surface area contributed by atoms with Gasteiger partial charge in [-0.25, -0.2) is 0 Å². The molecule has 2 N–H and O–H groups in total. The first-order chi connectivity index (χ1) is 10.8. The van der Waals surface area contributed by atoms with Crippen molar-refractivity contribution in [3.05, 3.63) is 35.9 Å². The fourth-order valence-electron chi connectivity index (χ4n) is 3.03. The normalized spacial score (nSPS) is 16.7. The van der Waals surface area contributed by atoms with Crippen LogP contribution in [-0.2, 0) is 9.53 Å². The first-order valence-electron chi connectivity index (χ1n) is 8.41. The van der Waals surface area contributed by atoms with Crippen LogP contribution in [0, 0.1) is 0 Å². The number of benzene rings is 1. The molecule has 1 atom stereocenters. The third-order valence-electron chi connectivity index (χ3n) is 4.36. The SMILES string of the molecule is CCC(C(=O)N1CCC(OCCCN)CC1)c1ccccc1.Cl. The van der Waals surface area contributed by atoms with E-state index in [9.17, 15) is 4.79 Å². The lowest BCUT2D eigenvalue weighted by Gasteiger charge is -2.34. The number of hydrogen-bond donors (Lipinski definition) is 1. The van der Waals surface area contributed by atoms with E-state index in [0.717, 1.165) is 50.9 Å². The zero-order valence-electron chi connectivity index (χ0n) is 13.9. The van der Waals surface area contributed by atoms with Crippen LogP contribution < -0.4 is 5.73 Å². The summed E-state index contributed by atoms with van der Waals surface area (Å²) < 4.78 is 5.80. The number of carbonyl (C=O) groups is 1. The van der Waals surface area contributed by atoms with Crippen molar-refractivity contribution in [2.24, 2.45) is 5.73 Å². The molecule has 5 heteroatoms. The van der Waals surface area contributed by atoms with E-state index in [1.807, 2.05) is 23.1 Å². The molecule has 1 saturated heterocycles. The van der Waals surface area contributed by atoms with E-state index in [4.69, 9.17) is 10.5 Å². The lowest BCUT2D eigenvalue weighted by molar-refractivity contribution is -0.135. The number of carbonyl (C=O) groups excluding carboxylic acids is 1. The van der Waals surface area contributed by atoms with Crippen LogP contribution in [0.2, 0.25) is 0 Å². The highest BCUT2D eigenvalue weighted by Gasteiger charge is 2.28. The predicted octanol–water partition coefficient (Wildman–Crippen LogP) is 2.96. The standard InChI is InChI=1S/C18H28N2O2.ClH/c1-2-17(15-7-4-3-5-8-15)18(21)20-12-9-16(10-13-20)22-14-6-11-19;/h3-5,7-8,16-17H,2,6,9-14,19H2,1H3;1H. The maximum absolute atomic E-state index is 12.8. The van der Waals surface area contributed by atoms with Crippen molar-refractivity contribution in [1.29, 1.82) is 0 Å². The zero-order chi connectivity index (χ0) is 15.8. The predicted molar refractivity (Wildman–Crippen MR) is 95.9 cm³/mol. The van der Waals surface area contributed by atoms with Crippen LogP contribution in [0.3, 0.4) is 0 Å². The molecule has 2 rings (SSSR count). The molecule has 0 spiro atoms. The van der Waals surface area contributed by atoms with Crippen molar-refractivity contribution in [3.63, 3.8) is 0 Å². The summed E-state index contributed by atoms with van der Waals surface area (Å²) in [5, 5.41) is 0. The number of piperidine rings is 1. The maximum atomic E-state index is 12.8. The molecule has 23 heavy (non-hydrogen) atoms. The molecule has 130 valence electrons. The van der Waals surface area contributed by atoms with E-state index in [0.29, 0.717) is 6.54 Å². The molecule has 1 aromatic rings. The van der Waals surface area contributed by atoms with E-state index in [-0.39, 0.29) is 30.3 Å². The molecule has 0 bridgehead atoms. The van der Waals surface area contributed by atoms with Crippen LogP contribution in [0.5, 0.6) is 0 Å². The van der Waals surface area contributed by atoms with Gasteiger partial charge in [0.1, 0.15) is 0 Å². The van der Waals surface area contributed by atoms with Crippen molar-refractivity contribution in [3.8, 4) is 0 Å². The van der Waals surface area contributed by atoms with Crippen LogP contribution in [0.25, 0.3) is 0 Å². The van der Waals surface area contributed by atoms with Crippen molar-refractivity contribution in [1.82, 2.24) is 4.90 Å². The number of nitrogens with zero attached hydrogens (tertiary/aromatic N) is 1. The zero-order valence-corrected chi connectivity index (χ0v) is 14.8. The Hall–Kier alpha value is -1.10. The molecule has 1 aliphatic rings. The Morgan fingerprint density at radius 1 is 1.30 bits per heavy atom. The van der Waals surface area contributed by atoms with Crippen LogP contribution in [0.15, 0.2) is 30.3 Å². The molecule has 1 heterocycles. The summed E-state index contributed by atoms with van der Waals surface area (Å²) in [6.45, 7) is 5.09. The largest absolute Gasteiger partial charge is 0.378 e. The van der Waals surface area contributed by atoms with Gasteiger partial charge in [-0.2, -0.15) is 0 Å². The molecular weight excluding hydrogens is 312 g/mol. The number of rotatable bonds is 7. The smallest absolute Gasteiger partial charge is 0.230 e. The highest BCUT2D eigenvalue weighted by Crippen LogP contribution is 2.24. The summed E-state index contributed by atoms with van der Waals surface area (Å²) in [7, 11) is 0. The summed E-state index contributed by atoms with van der Waals surface area (Å²) in [5.41, 5.74) is 6.60. The van der Waals surface area contributed by atoms with E-state index in [1.165, 1.54) is 0 Å². The molecule has 0 aliphatic carbocycles. The van der Waals surface area contributed by atoms with Crippen molar-refractivity contribution in [2.45, 2.75) is 44.6 Å². The van der Waals surface area contributed by atoms with E-state index in [1.54, 1.807) is 0 Å². The second kappa shape index (κ2) is 10.6. The maximum Gasteiger partial charge on any atom is 0.230 e. The van der Waals surface area contributed by atoms with Gasteiger partial charge >= 0.3 is 0 Å². The summed E-state index contributed by atoms with van der Waals surface area (Å²) in [4.78, 5) is 14.8. The lowest BCUT2D eigenvalue weighted by atomic mass is 9.94. The second-order valence-corrected chi connectivity index (χ2v) is 5.91. The van der Waals surface area contributed by atoms with Gasteiger partial charge in [-0.3, -0.25) is 4.79 Å². The first-order valence-corrected chi connectivity index (χ1v) is 8.41. The van der Waals surface area contributed by atoms with Gasteiger partial charge in [-0.15, -0.1) is 12.4 Å². The van der Waals surface area contributed by atoms with Gasteiger partial charge in [-0.05, 0) is 37.8 Å². The second-order valence-electron chi connectivity index (χ2n) is 5.91. The summed E-state index contributed by atoms with van der Waals surface area (Å²) in [6, 6.07) is 10.1. The Balaban J connectivity index is 0.00000264. The Morgan fingerprint density at radius 2 is 1.96 bits per heavy atom. The molecular formula is C18H29ClN2O2. The number of likely N-dealkylation sites (tertiary alicyclic amines) is 1. The van der Waals surface area contributed by atoms with Gasteiger partial charge in [0.25, 0.3) is 0 Å². The molecule has 1 fully saturated rings. The van der Waals surface area contributed by atoms with Crippen LogP contribution >= 0.6 is 12.4 Å². The minimum Gasteiger partial charge on any atom is -0.378 e. The first kappa shape index (κ1) is 19.9. The van der Waals surface area contributed by atoms with Gasteiger partial charge in [0.05, 0.1) is 12.0 Å².